The molecule has 26 heavy (non-hydrogen) atoms. The van der Waals surface area contributed by atoms with E-state index in [-0.39, 0.29) is 17.0 Å². The molecular formula is C19H19NO5S. The van der Waals surface area contributed by atoms with E-state index in [0.717, 1.165) is 11.1 Å². The summed E-state index contributed by atoms with van der Waals surface area (Å²) in [6, 6.07) is 9.39. The van der Waals surface area contributed by atoms with Gasteiger partial charge >= 0.3 is 5.97 Å². The summed E-state index contributed by atoms with van der Waals surface area (Å²) in [5.74, 6) is -1.10. The van der Waals surface area contributed by atoms with Gasteiger partial charge in [0, 0.05) is 11.6 Å². The summed E-state index contributed by atoms with van der Waals surface area (Å²) in [6.45, 7) is 5.33. The molecule has 136 valence electrons. The fourth-order valence-electron chi connectivity index (χ4n) is 2.37. The zero-order valence-corrected chi connectivity index (χ0v) is 15.8. The molecule has 0 saturated carbocycles. The van der Waals surface area contributed by atoms with Gasteiger partial charge in [0.25, 0.3) is 5.69 Å². The summed E-state index contributed by atoms with van der Waals surface area (Å²) < 4.78 is 5.21. The van der Waals surface area contributed by atoms with Crippen LogP contribution < -0.4 is 0 Å². The molecular weight excluding hydrogens is 354 g/mol. The highest BCUT2D eigenvalue weighted by Crippen LogP contribution is 2.28. The Labute approximate surface area is 155 Å². The monoisotopic (exact) mass is 373 g/mol. The first-order chi connectivity index (χ1) is 12.2. The number of nitro benzene ring substituents is 1. The van der Waals surface area contributed by atoms with Gasteiger partial charge in [-0.15, -0.1) is 11.8 Å². The molecule has 0 aromatic heterocycles. The number of benzene rings is 2. The van der Waals surface area contributed by atoms with Crippen LogP contribution >= 0.6 is 11.8 Å². The second-order valence-corrected chi connectivity index (χ2v) is 6.70. The summed E-state index contributed by atoms with van der Waals surface area (Å²) in [7, 11) is 0. The van der Waals surface area contributed by atoms with Crippen LogP contribution in [0.25, 0.3) is 0 Å². The molecule has 0 fully saturated rings. The molecule has 0 bridgehead atoms. The standard InChI is InChI=1S/C19H19NO5S/c1-11-5-6-14(9-12(11)2)18(21)13(3)25-19(22)15-7-8-17(26-4)16(10-15)20(23)24/h5-10,13H,1-4H3/t13-/m0/s1. The van der Waals surface area contributed by atoms with Crippen molar-refractivity contribution in [1.82, 2.24) is 0 Å². The molecule has 0 saturated heterocycles. The van der Waals surface area contributed by atoms with E-state index in [4.69, 9.17) is 4.74 Å². The number of ketones is 1. The van der Waals surface area contributed by atoms with Crippen molar-refractivity contribution in [1.29, 1.82) is 0 Å². The van der Waals surface area contributed by atoms with Crippen LogP contribution in [0.2, 0.25) is 0 Å². The molecule has 6 nitrogen and oxygen atoms in total. The Morgan fingerprint density at radius 3 is 2.31 bits per heavy atom. The summed E-state index contributed by atoms with van der Waals surface area (Å²) in [5.41, 5.74) is 2.36. The molecule has 0 aliphatic heterocycles. The van der Waals surface area contributed by atoms with Gasteiger partial charge in [-0.05, 0) is 56.4 Å². The fourth-order valence-corrected chi connectivity index (χ4v) is 2.92. The number of hydrogen-bond donors (Lipinski definition) is 0. The Morgan fingerprint density at radius 2 is 1.73 bits per heavy atom. The minimum absolute atomic E-state index is 0.0363. The third kappa shape index (κ3) is 4.29. The minimum Gasteiger partial charge on any atom is -0.451 e. The van der Waals surface area contributed by atoms with Crippen molar-refractivity contribution >= 4 is 29.2 Å². The number of hydrogen-bond acceptors (Lipinski definition) is 6. The zero-order chi connectivity index (χ0) is 19.4. The van der Waals surface area contributed by atoms with Crippen LogP contribution in [0.1, 0.15) is 38.8 Å². The summed E-state index contributed by atoms with van der Waals surface area (Å²) in [5, 5.41) is 11.1. The normalized spacial score (nSPS) is 11.7. The van der Waals surface area contributed by atoms with E-state index in [9.17, 15) is 19.7 Å². The molecule has 2 aromatic carbocycles. The molecule has 0 N–H and O–H groups in total. The van der Waals surface area contributed by atoms with Gasteiger partial charge < -0.3 is 4.74 Å². The highest BCUT2D eigenvalue weighted by molar-refractivity contribution is 7.98. The van der Waals surface area contributed by atoms with Gasteiger partial charge in [-0.1, -0.05) is 12.1 Å². The Bertz CT molecular complexity index is 878. The van der Waals surface area contributed by atoms with E-state index in [1.165, 1.54) is 36.9 Å². The SMILES string of the molecule is CSc1ccc(C(=O)O[C@@H](C)C(=O)c2ccc(C)c(C)c2)cc1[N+](=O)[O-]. The van der Waals surface area contributed by atoms with Gasteiger partial charge in [-0.25, -0.2) is 4.79 Å². The number of esters is 1. The molecule has 0 amide bonds. The zero-order valence-electron chi connectivity index (χ0n) is 14.9. The van der Waals surface area contributed by atoms with E-state index in [0.29, 0.717) is 10.5 Å². The topological polar surface area (TPSA) is 86.5 Å². The molecule has 0 radical (unpaired) electrons. The predicted molar refractivity (Wildman–Crippen MR) is 100 cm³/mol. The lowest BCUT2D eigenvalue weighted by molar-refractivity contribution is -0.387. The highest BCUT2D eigenvalue weighted by Gasteiger charge is 2.23. The van der Waals surface area contributed by atoms with Crippen molar-refractivity contribution < 1.29 is 19.2 Å². The second kappa shape index (κ2) is 8.14. The molecule has 0 aliphatic carbocycles. The van der Waals surface area contributed by atoms with Gasteiger partial charge in [0.2, 0.25) is 5.78 Å². The maximum Gasteiger partial charge on any atom is 0.339 e. The third-order valence-electron chi connectivity index (χ3n) is 4.06. The van der Waals surface area contributed by atoms with Crippen LogP contribution in [-0.4, -0.2) is 29.0 Å². The lowest BCUT2D eigenvalue weighted by Crippen LogP contribution is -2.24. The van der Waals surface area contributed by atoms with Crippen molar-refractivity contribution in [2.45, 2.75) is 31.8 Å². The number of ether oxygens (including phenoxy) is 1. The van der Waals surface area contributed by atoms with Gasteiger partial charge in [0.15, 0.2) is 6.10 Å². The Kier molecular flexibility index (Phi) is 6.15. The second-order valence-electron chi connectivity index (χ2n) is 5.85. The smallest absolute Gasteiger partial charge is 0.339 e. The summed E-state index contributed by atoms with van der Waals surface area (Å²) >= 11 is 1.21. The number of thioether (sulfide) groups is 1. The molecule has 1 atom stereocenters. The Hall–Kier alpha value is -2.67. The molecule has 2 aromatic rings. The average molecular weight is 373 g/mol. The minimum atomic E-state index is -0.996. The molecule has 7 heteroatoms. The van der Waals surface area contributed by atoms with Crippen LogP contribution in [0.5, 0.6) is 0 Å². The van der Waals surface area contributed by atoms with Gasteiger partial charge in [-0.2, -0.15) is 0 Å². The van der Waals surface area contributed by atoms with Crippen LogP contribution in [-0.2, 0) is 4.74 Å². The lowest BCUT2D eigenvalue weighted by atomic mass is 10.0. The first kappa shape index (κ1) is 19.7. The van der Waals surface area contributed by atoms with E-state index < -0.39 is 17.0 Å². The largest absolute Gasteiger partial charge is 0.451 e. The lowest BCUT2D eigenvalue weighted by Gasteiger charge is -2.13. The third-order valence-corrected chi connectivity index (χ3v) is 4.84. The van der Waals surface area contributed by atoms with E-state index >= 15 is 0 Å². The molecule has 0 heterocycles. The van der Waals surface area contributed by atoms with Gasteiger partial charge in [0.05, 0.1) is 15.4 Å². The number of nitrogens with zero attached hydrogens (tertiary/aromatic N) is 1. The maximum atomic E-state index is 12.5. The van der Waals surface area contributed by atoms with Gasteiger partial charge in [-0.3, -0.25) is 14.9 Å². The number of nitro groups is 1. The van der Waals surface area contributed by atoms with Crippen molar-refractivity contribution in [3.8, 4) is 0 Å². The highest BCUT2D eigenvalue weighted by atomic mass is 32.2. The summed E-state index contributed by atoms with van der Waals surface area (Å²) in [6.07, 6.45) is 0.717. The Balaban J connectivity index is 2.18. The summed E-state index contributed by atoms with van der Waals surface area (Å²) in [4.78, 5) is 35.8. The predicted octanol–water partition coefficient (Wildman–Crippen LogP) is 4.36. The van der Waals surface area contributed by atoms with Gasteiger partial charge in [0.1, 0.15) is 0 Å². The van der Waals surface area contributed by atoms with Crippen LogP contribution in [0.4, 0.5) is 5.69 Å². The maximum absolute atomic E-state index is 12.5. The van der Waals surface area contributed by atoms with Crippen molar-refractivity contribution in [3.05, 3.63) is 68.8 Å². The first-order valence-electron chi connectivity index (χ1n) is 7.89. The Morgan fingerprint density at radius 1 is 1.08 bits per heavy atom. The molecule has 0 unspecified atom stereocenters. The van der Waals surface area contributed by atoms with Crippen molar-refractivity contribution in [3.63, 3.8) is 0 Å². The molecule has 0 aliphatic rings. The average Bonchev–Trinajstić information content (AvgIpc) is 2.62. The quantitative estimate of drug-likeness (QED) is 0.246. The van der Waals surface area contributed by atoms with E-state index in [1.807, 2.05) is 19.9 Å². The van der Waals surface area contributed by atoms with Crippen LogP contribution in [0, 0.1) is 24.0 Å². The molecule has 0 spiro atoms. The number of rotatable bonds is 6. The number of carbonyl (C=O) groups excluding carboxylic acids is 2. The number of Topliss-reactive ketones (excluding diaryl/α,β-unsaturated/α-hetero) is 1. The van der Waals surface area contributed by atoms with E-state index in [2.05, 4.69) is 0 Å². The van der Waals surface area contributed by atoms with Crippen LogP contribution in [0.3, 0.4) is 0 Å². The first-order valence-corrected chi connectivity index (χ1v) is 9.12. The van der Waals surface area contributed by atoms with E-state index in [1.54, 1.807) is 18.4 Å². The molecule has 2 rings (SSSR count). The van der Waals surface area contributed by atoms with Crippen LogP contribution in [0.15, 0.2) is 41.3 Å². The fraction of sp³-hybridized carbons (Fsp3) is 0.263. The van der Waals surface area contributed by atoms with Crippen molar-refractivity contribution in [2.24, 2.45) is 0 Å². The number of carbonyl (C=O) groups is 2. The number of aryl methyl sites for hydroxylation is 2. The van der Waals surface area contributed by atoms with Crippen molar-refractivity contribution in [2.75, 3.05) is 6.26 Å².